The molecule has 2 amide bonds. The van der Waals surface area contributed by atoms with Crippen LogP contribution in [-0.2, 0) is 9.59 Å². The number of anilines is 2. The molecule has 1 aromatic heterocycles. The molecule has 6 nitrogen and oxygen atoms in total. The number of hydrogen-bond acceptors (Lipinski definition) is 5. The molecule has 0 aliphatic carbocycles. The lowest BCUT2D eigenvalue weighted by atomic mass is 10.2. The normalized spacial score (nSPS) is 15.2. The predicted molar refractivity (Wildman–Crippen MR) is 110 cm³/mol. The van der Waals surface area contributed by atoms with Gasteiger partial charge in [-0.15, -0.1) is 11.8 Å². The first-order valence-electron chi connectivity index (χ1n) is 9.14. The lowest BCUT2D eigenvalue weighted by Gasteiger charge is -2.37. The summed E-state index contributed by atoms with van der Waals surface area (Å²) in [6.45, 7) is 4.70. The molecule has 1 aliphatic heterocycles. The van der Waals surface area contributed by atoms with Crippen LogP contribution >= 0.6 is 11.8 Å². The van der Waals surface area contributed by atoms with Crippen molar-refractivity contribution in [1.29, 1.82) is 0 Å². The number of halogens is 1. The Morgan fingerprint density at radius 1 is 1.11 bits per heavy atom. The number of rotatable bonds is 6. The van der Waals surface area contributed by atoms with Crippen LogP contribution in [-0.4, -0.2) is 58.9 Å². The molecule has 1 aliphatic rings. The molecule has 1 fully saturated rings. The number of nitrogens with zero attached hydrogens (tertiary/aromatic N) is 3. The summed E-state index contributed by atoms with van der Waals surface area (Å²) in [7, 11) is 0. The van der Waals surface area contributed by atoms with Crippen LogP contribution in [0.15, 0.2) is 48.8 Å². The van der Waals surface area contributed by atoms with E-state index in [-0.39, 0.29) is 28.6 Å². The first kappa shape index (κ1) is 20.1. The minimum Gasteiger partial charge on any atom is -0.368 e. The van der Waals surface area contributed by atoms with E-state index < -0.39 is 0 Å². The monoisotopic (exact) mass is 402 g/mol. The topological polar surface area (TPSA) is 65.5 Å². The summed E-state index contributed by atoms with van der Waals surface area (Å²) in [5, 5.41) is 2.40. The molecule has 0 saturated carbocycles. The van der Waals surface area contributed by atoms with Crippen LogP contribution in [0.4, 0.5) is 15.8 Å². The predicted octanol–water partition coefficient (Wildman–Crippen LogP) is 2.63. The molecule has 148 valence electrons. The number of pyridine rings is 1. The third-order valence-electron chi connectivity index (χ3n) is 4.56. The van der Waals surface area contributed by atoms with Crippen LogP contribution in [0.3, 0.4) is 0 Å². The van der Waals surface area contributed by atoms with E-state index in [2.05, 4.69) is 15.2 Å². The summed E-state index contributed by atoms with van der Waals surface area (Å²) in [5.74, 6) is -0.343. The smallest absolute Gasteiger partial charge is 0.235 e. The molecule has 3 rings (SSSR count). The Kier molecular flexibility index (Phi) is 6.86. The van der Waals surface area contributed by atoms with Crippen molar-refractivity contribution in [2.45, 2.75) is 12.2 Å². The van der Waals surface area contributed by atoms with Crippen LogP contribution in [0.5, 0.6) is 0 Å². The third-order valence-corrected chi connectivity index (χ3v) is 5.69. The number of piperazine rings is 1. The summed E-state index contributed by atoms with van der Waals surface area (Å²) < 4.78 is 12.9. The molecule has 1 atom stereocenters. The molecule has 0 bridgehead atoms. The summed E-state index contributed by atoms with van der Waals surface area (Å²) in [6.07, 6.45) is 3.53. The maximum atomic E-state index is 12.9. The van der Waals surface area contributed by atoms with Gasteiger partial charge in [-0.25, -0.2) is 4.39 Å². The minimum absolute atomic E-state index is 0.0500. The largest absolute Gasteiger partial charge is 0.368 e. The number of carbonyl (C=O) groups excluding carboxylic acids is 2. The zero-order valence-corrected chi connectivity index (χ0v) is 16.5. The van der Waals surface area contributed by atoms with Crippen molar-refractivity contribution in [3.8, 4) is 0 Å². The lowest BCUT2D eigenvalue weighted by Crippen LogP contribution is -2.50. The molecule has 1 saturated heterocycles. The Hall–Kier alpha value is -2.61. The Morgan fingerprint density at radius 2 is 1.75 bits per heavy atom. The SMILES string of the molecule is CC(SCC(=O)Nc1ccc(F)cc1)C(=O)N1CCN(c2ccncc2)CC1. The number of benzene rings is 1. The number of carbonyl (C=O) groups is 2. The van der Waals surface area contributed by atoms with Crippen molar-refractivity contribution >= 4 is 35.0 Å². The average molecular weight is 402 g/mol. The number of thioether (sulfide) groups is 1. The number of hydrogen-bond donors (Lipinski definition) is 1. The summed E-state index contributed by atoms with van der Waals surface area (Å²) in [6, 6.07) is 9.54. The van der Waals surface area contributed by atoms with Gasteiger partial charge in [0.25, 0.3) is 0 Å². The highest BCUT2D eigenvalue weighted by atomic mass is 32.2. The van der Waals surface area contributed by atoms with Crippen molar-refractivity contribution in [2.75, 3.05) is 42.1 Å². The van der Waals surface area contributed by atoms with E-state index >= 15 is 0 Å². The maximum absolute atomic E-state index is 12.9. The highest BCUT2D eigenvalue weighted by Gasteiger charge is 2.25. The van der Waals surface area contributed by atoms with Gasteiger partial charge in [-0.2, -0.15) is 0 Å². The molecule has 28 heavy (non-hydrogen) atoms. The molecule has 2 heterocycles. The molecule has 0 radical (unpaired) electrons. The van der Waals surface area contributed by atoms with E-state index in [9.17, 15) is 14.0 Å². The van der Waals surface area contributed by atoms with Crippen molar-refractivity contribution in [3.05, 3.63) is 54.6 Å². The van der Waals surface area contributed by atoms with Crippen molar-refractivity contribution in [1.82, 2.24) is 9.88 Å². The van der Waals surface area contributed by atoms with E-state index in [0.717, 1.165) is 18.8 Å². The van der Waals surface area contributed by atoms with E-state index in [1.165, 1.54) is 36.0 Å². The van der Waals surface area contributed by atoms with Gasteiger partial charge in [0.1, 0.15) is 5.82 Å². The van der Waals surface area contributed by atoms with Gasteiger partial charge in [0.05, 0.1) is 11.0 Å². The second-order valence-electron chi connectivity index (χ2n) is 6.53. The standard InChI is InChI=1S/C20H23FN4O2S/c1-15(28-14-19(26)23-17-4-2-16(21)3-5-17)20(27)25-12-10-24(11-13-25)18-6-8-22-9-7-18/h2-9,15H,10-14H2,1H3,(H,23,26). The van der Waals surface area contributed by atoms with Gasteiger partial charge in [-0.05, 0) is 43.3 Å². The van der Waals surface area contributed by atoms with Gasteiger partial charge in [0, 0.05) is 49.9 Å². The molecule has 0 spiro atoms. The molecular weight excluding hydrogens is 379 g/mol. The Morgan fingerprint density at radius 3 is 2.39 bits per heavy atom. The first-order valence-corrected chi connectivity index (χ1v) is 10.2. The van der Waals surface area contributed by atoms with Crippen LogP contribution in [0.2, 0.25) is 0 Å². The maximum Gasteiger partial charge on any atom is 0.235 e. The number of nitrogens with one attached hydrogen (secondary N) is 1. The molecule has 1 aromatic carbocycles. The molecular formula is C20H23FN4O2S. The van der Waals surface area contributed by atoms with Crippen LogP contribution in [0.25, 0.3) is 0 Å². The Balaban J connectivity index is 1.42. The van der Waals surface area contributed by atoms with Crippen molar-refractivity contribution in [3.63, 3.8) is 0 Å². The second kappa shape index (κ2) is 9.54. The average Bonchev–Trinajstić information content (AvgIpc) is 2.74. The Labute approximate surface area is 168 Å². The van der Waals surface area contributed by atoms with Gasteiger partial charge in [-0.1, -0.05) is 0 Å². The first-order chi connectivity index (χ1) is 13.5. The van der Waals surface area contributed by atoms with Crippen LogP contribution in [0.1, 0.15) is 6.92 Å². The third kappa shape index (κ3) is 5.45. The molecule has 1 N–H and O–H groups in total. The summed E-state index contributed by atoms with van der Waals surface area (Å²) in [4.78, 5) is 32.8. The summed E-state index contributed by atoms with van der Waals surface area (Å²) in [5.41, 5.74) is 1.65. The molecule has 8 heteroatoms. The highest BCUT2D eigenvalue weighted by Crippen LogP contribution is 2.19. The van der Waals surface area contributed by atoms with Gasteiger partial charge < -0.3 is 15.1 Å². The highest BCUT2D eigenvalue weighted by molar-refractivity contribution is 8.01. The molecule has 2 aromatic rings. The quantitative estimate of drug-likeness (QED) is 0.805. The van der Waals surface area contributed by atoms with Crippen molar-refractivity contribution < 1.29 is 14.0 Å². The van der Waals surface area contributed by atoms with Gasteiger partial charge in [-0.3, -0.25) is 14.6 Å². The fourth-order valence-corrected chi connectivity index (χ4v) is 3.76. The number of aromatic nitrogens is 1. The fourth-order valence-electron chi connectivity index (χ4n) is 3.00. The van der Waals surface area contributed by atoms with Gasteiger partial charge >= 0.3 is 0 Å². The zero-order valence-electron chi connectivity index (χ0n) is 15.7. The van der Waals surface area contributed by atoms with E-state index in [1.807, 2.05) is 24.0 Å². The Bertz CT molecular complexity index is 796. The van der Waals surface area contributed by atoms with Crippen LogP contribution < -0.4 is 10.2 Å². The summed E-state index contributed by atoms with van der Waals surface area (Å²) >= 11 is 1.31. The minimum atomic E-state index is -0.351. The van der Waals surface area contributed by atoms with Crippen LogP contribution in [0, 0.1) is 5.82 Å². The van der Waals surface area contributed by atoms with Crippen molar-refractivity contribution in [2.24, 2.45) is 0 Å². The van der Waals surface area contributed by atoms with E-state index in [4.69, 9.17) is 0 Å². The van der Waals surface area contributed by atoms with E-state index in [0.29, 0.717) is 18.8 Å². The molecule has 1 unspecified atom stereocenters. The lowest BCUT2D eigenvalue weighted by molar-refractivity contribution is -0.130. The zero-order chi connectivity index (χ0) is 19.9. The fraction of sp³-hybridized carbons (Fsp3) is 0.350. The van der Waals surface area contributed by atoms with Gasteiger partial charge in [0.2, 0.25) is 11.8 Å². The van der Waals surface area contributed by atoms with E-state index in [1.54, 1.807) is 12.4 Å². The second-order valence-corrected chi connectivity index (χ2v) is 7.86. The van der Waals surface area contributed by atoms with Gasteiger partial charge in [0.15, 0.2) is 0 Å². The number of amides is 2.